The molecule has 0 radical (unpaired) electrons. The molecule has 0 aliphatic carbocycles. The number of carboxylic acid groups (broad SMARTS) is 1. The first-order valence-corrected chi connectivity index (χ1v) is 5.96. The summed E-state index contributed by atoms with van der Waals surface area (Å²) in [5.41, 5.74) is 1.08. The third-order valence-electron chi connectivity index (χ3n) is 2.66. The van der Waals surface area contributed by atoms with E-state index in [0.29, 0.717) is 22.1 Å². The largest absolute Gasteiger partial charge is 0.481 e. The van der Waals surface area contributed by atoms with E-state index in [1.165, 1.54) is 0 Å². The van der Waals surface area contributed by atoms with E-state index in [1.807, 2.05) is 0 Å². The lowest BCUT2D eigenvalue weighted by Gasteiger charge is -1.95. The SMILES string of the molecule is Cc1oc(-c2ccc(Cl)cc2)cc1C(=O)CC(=O)O. The van der Waals surface area contributed by atoms with Crippen molar-refractivity contribution in [2.45, 2.75) is 13.3 Å². The van der Waals surface area contributed by atoms with Gasteiger partial charge in [-0.2, -0.15) is 0 Å². The maximum absolute atomic E-state index is 11.7. The van der Waals surface area contributed by atoms with Crippen molar-refractivity contribution in [3.05, 3.63) is 46.7 Å². The Morgan fingerprint density at radius 3 is 2.47 bits per heavy atom. The standard InChI is InChI=1S/C14H11ClO4/c1-8-11(12(16)7-14(17)18)6-13(19-8)9-2-4-10(15)5-3-9/h2-6H,7H2,1H3,(H,17,18). The van der Waals surface area contributed by atoms with Gasteiger partial charge in [0, 0.05) is 10.6 Å². The first kappa shape index (κ1) is 13.4. The Morgan fingerprint density at radius 2 is 1.89 bits per heavy atom. The average Bonchev–Trinajstić information content (AvgIpc) is 2.71. The van der Waals surface area contributed by atoms with Crippen molar-refractivity contribution in [1.29, 1.82) is 0 Å². The third-order valence-corrected chi connectivity index (χ3v) is 2.91. The molecule has 0 saturated heterocycles. The number of carboxylic acids is 1. The highest BCUT2D eigenvalue weighted by Crippen LogP contribution is 2.27. The third kappa shape index (κ3) is 3.03. The van der Waals surface area contributed by atoms with Gasteiger partial charge >= 0.3 is 5.97 Å². The molecule has 4 nitrogen and oxygen atoms in total. The molecule has 0 unspecified atom stereocenters. The van der Waals surface area contributed by atoms with Crippen LogP contribution in [0.2, 0.25) is 5.02 Å². The van der Waals surface area contributed by atoms with Crippen LogP contribution < -0.4 is 0 Å². The highest BCUT2D eigenvalue weighted by molar-refractivity contribution is 6.30. The number of ketones is 1. The van der Waals surface area contributed by atoms with E-state index in [1.54, 1.807) is 37.3 Å². The molecule has 0 amide bonds. The Kier molecular flexibility index (Phi) is 3.71. The average molecular weight is 279 g/mol. The topological polar surface area (TPSA) is 67.5 Å². The predicted molar refractivity (Wildman–Crippen MR) is 70.5 cm³/mol. The van der Waals surface area contributed by atoms with Gasteiger partial charge in [0.25, 0.3) is 0 Å². The Labute approximate surface area is 114 Å². The summed E-state index contributed by atoms with van der Waals surface area (Å²) in [7, 11) is 0. The van der Waals surface area contributed by atoms with Crippen molar-refractivity contribution in [2.75, 3.05) is 0 Å². The molecule has 0 fully saturated rings. The normalized spacial score (nSPS) is 10.4. The number of halogens is 1. The maximum atomic E-state index is 11.7. The van der Waals surface area contributed by atoms with E-state index in [2.05, 4.69) is 0 Å². The van der Waals surface area contributed by atoms with E-state index in [-0.39, 0.29) is 0 Å². The number of hydrogen-bond donors (Lipinski definition) is 1. The van der Waals surface area contributed by atoms with Crippen LogP contribution in [0, 0.1) is 6.92 Å². The Hall–Kier alpha value is -2.07. The van der Waals surface area contributed by atoms with Crippen LogP contribution >= 0.6 is 11.6 Å². The smallest absolute Gasteiger partial charge is 0.311 e. The summed E-state index contributed by atoms with van der Waals surface area (Å²) in [6.45, 7) is 1.63. The van der Waals surface area contributed by atoms with Gasteiger partial charge in [0.2, 0.25) is 0 Å². The molecule has 1 aromatic heterocycles. The van der Waals surface area contributed by atoms with E-state index in [4.69, 9.17) is 21.1 Å². The molecule has 1 N–H and O–H groups in total. The summed E-state index contributed by atoms with van der Waals surface area (Å²) in [6.07, 6.45) is -0.541. The van der Waals surface area contributed by atoms with Crippen LogP contribution in [-0.4, -0.2) is 16.9 Å². The number of aryl methyl sites for hydroxylation is 1. The Bertz CT molecular complexity index is 625. The summed E-state index contributed by atoms with van der Waals surface area (Å²) >= 11 is 5.79. The molecular formula is C14H11ClO4. The van der Waals surface area contributed by atoms with Gasteiger partial charge in [0.05, 0.1) is 5.56 Å². The first-order chi connectivity index (χ1) is 8.97. The zero-order chi connectivity index (χ0) is 14.0. The van der Waals surface area contributed by atoms with Crippen molar-refractivity contribution in [1.82, 2.24) is 0 Å². The lowest BCUT2D eigenvalue weighted by Crippen LogP contribution is -2.06. The number of furan rings is 1. The molecule has 19 heavy (non-hydrogen) atoms. The molecule has 0 saturated carbocycles. The zero-order valence-corrected chi connectivity index (χ0v) is 10.9. The number of carbonyl (C=O) groups is 2. The van der Waals surface area contributed by atoms with Gasteiger partial charge in [-0.05, 0) is 37.3 Å². The number of Topliss-reactive ketones (excluding diaryl/α,β-unsaturated/α-hetero) is 1. The maximum Gasteiger partial charge on any atom is 0.311 e. The Morgan fingerprint density at radius 1 is 1.26 bits per heavy atom. The summed E-state index contributed by atoms with van der Waals surface area (Å²) < 4.78 is 5.49. The lowest BCUT2D eigenvalue weighted by atomic mass is 10.1. The van der Waals surface area contributed by atoms with Crippen LogP contribution in [0.4, 0.5) is 0 Å². The molecule has 1 aromatic carbocycles. The van der Waals surface area contributed by atoms with E-state index < -0.39 is 18.2 Å². The lowest BCUT2D eigenvalue weighted by molar-refractivity contribution is -0.135. The fraction of sp³-hybridized carbons (Fsp3) is 0.143. The Balaban J connectivity index is 2.33. The first-order valence-electron chi connectivity index (χ1n) is 5.58. The van der Waals surface area contributed by atoms with Gasteiger partial charge < -0.3 is 9.52 Å². The number of rotatable bonds is 4. The predicted octanol–water partition coefficient (Wildman–Crippen LogP) is 3.57. The van der Waals surface area contributed by atoms with E-state index >= 15 is 0 Å². The number of hydrogen-bond acceptors (Lipinski definition) is 3. The van der Waals surface area contributed by atoms with Gasteiger partial charge in [-0.25, -0.2) is 0 Å². The quantitative estimate of drug-likeness (QED) is 0.686. The van der Waals surface area contributed by atoms with Crippen LogP contribution in [0.3, 0.4) is 0 Å². The van der Waals surface area contributed by atoms with Crippen LogP contribution in [0.1, 0.15) is 22.5 Å². The minimum Gasteiger partial charge on any atom is -0.481 e. The van der Waals surface area contributed by atoms with E-state index in [0.717, 1.165) is 5.56 Å². The fourth-order valence-electron chi connectivity index (χ4n) is 1.75. The highest BCUT2D eigenvalue weighted by Gasteiger charge is 2.18. The van der Waals surface area contributed by atoms with Gasteiger partial charge in [-0.15, -0.1) is 0 Å². The van der Waals surface area contributed by atoms with Crippen molar-refractivity contribution >= 4 is 23.4 Å². The van der Waals surface area contributed by atoms with Crippen LogP contribution in [0.5, 0.6) is 0 Å². The van der Waals surface area contributed by atoms with Crippen LogP contribution in [0.15, 0.2) is 34.7 Å². The number of benzene rings is 1. The molecule has 98 valence electrons. The molecule has 2 rings (SSSR count). The van der Waals surface area contributed by atoms with Gasteiger partial charge in [-0.3, -0.25) is 9.59 Å². The van der Waals surface area contributed by atoms with Gasteiger partial charge in [0.1, 0.15) is 17.9 Å². The molecule has 1 heterocycles. The second-order valence-electron chi connectivity index (χ2n) is 4.08. The summed E-state index contributed by atoms with van der Waals surface area (Å²) in [6, 6.07) is 8.53. The number of carbonyl (C=O) groups excluding carboxylic acids is 1. The number of aliphatic carboxylic acids is 1. The summed E-state index contributed by atoms with van der Waals surface area (Å²) in [5, 5.41) is 9.23. The van der Waals surface area contributed by atoms with Crippen molar-refractivity contribution < 1.29 is 19.1 Å². The van der Waals surface area contributed by atoms with Gasteiger partial charge in [0.15, 0.2) is 5.78 Å². The zero-order valence-electron chi connectivity index (χ0n) is 10.1. The van der Waals surface area contributed by atoms with E-state index in [9.17, 15) is 9.59 Å². The molecule has 0 bridgehead atoms. The molecule has 5 heteroatoms. The van der Waals surface area contributed by atoms with Crippen LogP contribution in [-0.2, 0) is 4.79 Å². The fourth-order valence-corrected chi connectivity index (χ4v) is 1.87. The minimum absolute atomic E-state index is 0.298. The van der Waals surface area contributed by atoms with Crippen molar-refractivity contribution in [3.8, 4) is 11.3 Å². The second-order valence-corrected chi connectivity index (χ2v) is 4.52. The summed E-state index contributed by atoms with van der Waals surface area (Å²) in [4.78, 5) is 22.3. The van der Waals surface area contributed by atoms with Crippen LogP contribution in [0.25, 0.3) is 11.3 Å². The van der Waals surface area contributed by atoms with Crippen molar-refractivity contribution in [2.24, 2.45) is 0 Å². The molecular weight excluding hydrogens is 268 g/mol. The molecule has 0 aliphatic rings. The highest BCUT2D eigenvalue weighted by atomic mass is 35.5. The minimum atomic E-state index is -1.15. The summed E-state index contributed by atoms with van der Waals surface area (Å²) in [5.74, 6) is -0.688. The monoisotopic (exact) mass is 278 g/mol. The second kappa shape index (κ2) is 5.28. The molecule has 0 spiro atoms. The molecule has 0 atom stereocenters. The van der Waals surface area contributed by atoms with Gasteiger partial charge in [-0.1, -0.05) is 11.6 Å². The molecule has 0 aliphatic heterocycles. The van der Waals surface area contributed by atoms with Crippen molar-refractivity contribution in [3.63, 3.8) is 0 Å². The molecule has 2 aromatic rings.